The predicted molar refractivity (Wildman–Crippen MR) is 52.7 cm³/mol. The second-order valence-corrected chi connectivity index (χ2v) is 3.19. The first-order valence-electron chi connectivity index (χ1n) is 3.85. The molecule has 7 heteroatoms. The average molecular weight is 231 g/mol. The van der Waals surface area contributed by atoms with E-state index in [1.807, 2.05) is 0 Å². The van der Waals surface area contributed by atoms with E-state index in [0.29, 0.717) is 0 Å². The van der Waals surface area contributed by atoms with Crippen molar-refractivity contribution in [1.29, 1.82) is 0 Å². The number of carbonyl (C=O) groups is 1. The quantitative estimate of drug-likeness (QED) is 0.602. The fourth-order valence-corrected chi connectivity index (χ4v) is 1.19. The Morgan fingerprint density at radius 2 is 2.20 bits per heavy atom. The Morgan fingerprint density at radius 3 is 2.67 bits per heavy atom. The Labute approximate surface area is 89.4 Å². The minimum Gasteiger partial charge on any atom is -0.480 e. The summed E-state index contributed by atoms with van der Waals surface area (Å²) >= 11 is 5.55. The van der Waals surface area contributed by atoms with Crippen molar-refractivity contribution in [1.82, 2.24) is 0 Å². The number of nitro benzene ring substituents is 1. The molecule has 15 heavy (non-hydrogen) atoms. The lowest BCUT2D eigenvalue weighted by Crippen LogP contribution is -2.20. The van der Waals surface area contributed by atoms with Crippen LogP contribution in [-0.2, 0) is 4.79 Å². The molecule has 0 radical (unpaired) electrons. The molecule has 1 atom stereocenters. The summed E-state index contributed by atoms with van der Waals surface area (Å²) < 4.78 is 0. The minimum atomic E-state index is -1.29. The van der Waals surface area contributed by atoms with Gasteiger partial charge in [0.25, 0.3) is 5.69 Å². The molecule has 0 fully saturated rings. The summed E-state index contributed by atoms with van der Waals surface area (Å²) in [4.78, 5) is 20.3. The largest absolute Gasteiger partial charge is 0.480 e. The average Bonchev–Trinajstić information content (AvgIpc) is 2.16. The Hall–Kier alpha value is -1.66. The highest BCUT2D eigenvalue weighted by atomic mass is 35.5. The molecule has 1 aromatic rings. The lowest BCUT2D eigenvalue weighted by molar-refractivity contribution is -0.384. The second-order valence-electron chi connectivity index (χ2n) is 2.78. The van der Waals surface area contributed by atoms with Gasteiger partial charge in [0.15, 0.2) is 0 Å². The summed E-state index contributed by atoms with van der Waals surface area (Å²) in [6, 6.07) is 2.36. The first-order chi connectivity index (χ1) is 6.93. The van der Waals surface area contributed by atoms with E-state index < -0.39 is 16.9 Å². The van der Waals surface area contributed by atoms with Crippen molar-refractivity contribution in [2.24, 2.45) is 5.73 Å². The number of aliphatic carboxylic acids is 1. The van der Waals surface area contributed by atoms with Crippen molar-refractivity contribution in [3.63, 3.8) is 0 Å². The Bertz CT molecular complexity index is 421. The zero-order valence-corrected chi connectivity index (χ0v) is 8.14. The number of benzene rings is 1. The van der Waals surface area contributed by atoms with Crippen molar-refractivity contribution in [2.75, 3.05) is 0 Å². The molecule has 0 amide bonds. The molecule has 6 nitrogen and oxygen atoms in total. The van der Waals surface area contributed by atoms with E-state index in [1.54, 1.807) is 0 Å². The predicted octanol–water partition coefficient (Wildman–Crippen LogP) is 1.33. The van der Waals surface area contributed by atoms with Crippen LogP contribution in [0.1, 0.15) is 11.6 Å². The molecule has 1 rings (SSSR count). The van der Waals surface area contributed by atoms with Crippen LogP contribution in [0.15, 0.2) is 18.2 Å². The highest BCUT2D eigenvalue weighted by Gasteiger charge is 2.19. The van der Waals surface area contributed by atoms with Crippen LogP contribution >= 0.6 is 11.6 Å². The fraction of sp³-hybridized carbons (Fsp3) is 0.125. The van der Waals surface area contributed by atoms with Crippen molar-refractivity contribution in [2.45, 2.75) is 6.04 Å². The number of hydrogen-bond donors (Lipinski definition) is 2. The van der Waals surface area contributed by atoms with E-state index in [4.69, 9.17) is 22.4 Å². The van der Waals surface area contributed by atoms with E-state index in [1.165, 1.54) is 12.1 Å². The van der Waals surface area contributed by atoms with Gasteiger partial charge in [-0.25, -0.2) is 0 Å². The number of hydrogen-bond acceptors (Lipinski definition) is 4. The van der Waals surface area contributed by atoms with E-state index in [0.717, 1.165) is 6.07 Å². The van der Waals surface area contributed by atoms with E-state index in [-0.39, 0.29) is 16.3 Å². The topological polar surface area (TPSA) is 106 Å². The third kappa shape index (κ3) is 2.42. The Kier molecular flexibility index (Phi) is 3.23. The van der Waals surface area contributed by atoms with Crippen LogP contribution in [0.4, 0.5) is 5.69 Å². The van der Waals surface area contributed by atoms with Crippen LogP contribution in [0, 0.1) is 10.1 Å². The van der Waals surface area contributed by atoms with Crippen molar-refractivity contribution >= 4 is 23.3 Å². The molecule has 0 heterocycles. The summed E-state index contributed by atoms with van der Waals surface area (Å²) in [6.07, 6.45) is 0. The molecule has 0 bridgehead atoms. The molecule has 3 N–H and O–H groups in total. The standard InChI is InChI=1S/C8H7ClN2O4/c9-5-2-1-4(7(10)8(12)13)3-6(5)11(14)15/h1-3,7H,10H2,(H,12,13)/t7-/m0/s1. The number of carboxylic acids is 1. The van der Waals surface area contributed by atoms with Crippen LogP contribution in [0.25, 0.3) is 0 Å². The first kappa shape index (κ1) is 11.4. The minimum absolute atomic E-state index is 0.0543. The van der Waals surface area contributed by atoms with Gasteiger partial charge in [0, 0.05) is 6.07 Å². The summed E-state index contributed by atoms with van der Waals surface area (Å²) in [7, 11) is 0. The van der Waals surface area contributed by atoms with Crippen LogP contribution in [0.2, 0.25) is 5.02 Å². The Morgan fingerprint density at radius 1 is 1.60 bits per heavy atom. The molecule has 0 aliphatic carbocycles. The molecule has 0 aromatic heterocycles. The lowest BCUT2D eigenvalue weighted by Gasteiger charge is -2.06. The van der Waals surface area contributed by atoms with Crippen molar-refractivity contribution < 1.29 is 14.8 Å². The molecule has 0 unspecified atom stereocenters. The maximum absolute atomic E-state index is 10.5. The highest BCUT2D eigenvalue weighted by Crippen LogP contribution is 2.27. The Balaban J connectivity index is 3.18. The van der Waals surface area contributed by atoms with E-state index in [9.17, 15) is 14.9 Å². The SMILES string of the molecule is N[C@H](C(=O)O)c1ccc(Cl)c([N+](=O)[O-])c1. The van der Waals surface area contributed by atoms with Gasteiger partial charge in [-0.1, -0.05) is 17.7 Å². The van der Waals surface area contributed by atoms with Crippen LogP contribution < -0.4 is 5.73 Å². The third-order valence-electron chi connectivity index (χ3n) is 1.79. The van der Waals surface area contributed by atoms with Crippen LogP contribution in [0.3, 0.4) is 0 Å². The molecule has 0 saturated heterocycles. The van der Waals surface area contributed by atoms with Gasteiger partial charge in [-0.05, 0) is 11.6 Å². The number of nitrogens with zero attached hydrogens (tertiary/aromatic N) is 1. The molecular weight excluding hydrogens is 224 g/mol. The van der Waals surface area contributed by atoms with Crippen molar-refractivity contribution in [3.8, 4) is 0 Å². The van der Waals surface area contributed by atoms with Crippen LogP contribution in [-0.4, -0.2) is 16.0 Å². The zero-order chi connectivity index (χ0) is 11.6. The smallest absolute Gasteiger partial charge is 0.325 e. The van der Waals surface area contributed by atoms with E-state index in [2.05, 4.69) is 0 Å². The fourth-order valence-electron chi connectivity index (χ4n) is 1.01. The summed E-state index contributed by atoms with van der Waals surface area (Å²) in [5, 5.41) is 19.1. The third-order valence-corrected chi connectivity index (χ3v) is 2.11. The summed E-state index contributed by atoms with van der Waals surface area (Å²) in [5.41, 5.74) is 5.07. The number of nitrogens with two attached hydrogens (primary N) is 1. The maximum Gasteiger partial charge on any atom is 0.325 e. The molecule has 80 valence electrons. The number of nitro groups is 1. The van der Waals surface area contributed by atoms with E-state index >= 15 is 0 Å². The molecule has 1 aromatic carbocycles. The van der Waals surface area contributed by atoms with Gasteiger partial charge in [0.1, 0.15) is 11.1 Å². The van der Waals surface area contributed by atoms with Gasteiger partial charge >= 0.3 is 5.97 Å². The monoisotopic (exact) mass is 230 g/mol. The number of halogens is 1. The maximum atomic E-state index is 10.5. The normalized spacial score (nSPS) is 12.1. The first-order valence-corrected chi connectivity index (χ1v) is 4.23. The zero-order valence-electron chi connectivity index (χ0n) is 7.38. The van der Waals surface area contributed by atoms with Gasteiger partial charge in [-0.3, -0.25) is 14.9 Å². The molecule has 0 saturated carbocycles. The highest BCUT2D eigenvalue weighted by molar-refractivity contribution is 6.32. The number of rotatable bonds is 3. The second kappa shape index (κ2) is 4.24. The summed E-state index contributed by atoms with van der Waals surface area (Å²) in [5.74, 6) is -1.26. The molecule has 0 aliphatic heterocycles. The van der Waals surface area contributed by atoms with Crippen LogP contribution in [0.5, 0.6) is 0 Å². The van der Waals surface area contributed by atoms with Gasteiger partial charge in [-0.15, -0.1) is 0 Å². The van der Waals surface area contributed by atoms with Gasteiger partial charge in [0.2, 0.25) is 0 Å². The lowest BCUT2D eigenvalue weighted by atomic mass is 10.1. The summed E-state index contributed by atoms with van der Waals surface area (Å²) in [6.45, 7) is 0. The van der Waals surface area contributed by atoms with Crippen molar-refractivity contribution in [3.05, 3.63) is 38.9 Å². The molecular formula is C8H7ClN2O4. The molecule has 0 spiro atoms. The van der Waals surface area contributed by atoms with Gasteiger partial charge < -0.3 is 10.8 Å². The van der Waals surface area contributed by atoms with Gasteiger partial charge in [-0.2, -0.15) is 0 Å². The molecule has 0 aliphatic rings. The van der Waals surface area contributed by atoms with Gasteiger partial charge in [0.05, 0.1) is 4.92 Å². The number of carboxylic acid groups (broad SMARTS) is 1.